The van der Waals surface area contributed by atoms with E-state index in [0.29, 0.717) is 18.4 Å². The smallest absolute Gasteiger partial charge is 0.379 e. The minimum absolute atomic E-state index is 0.125. The zero-order valence-corrected chi connectivity index (χ0v) is 10.9. The zero-order chi connectivity index (χ0) is 14.8. The summed E-state index contributed by atoms with van der Waals surface area (Å²) in [4.78, 5) is 21.7. The highest BCUT2D eigenvalue weighted by molar-refractivity contribution is 7.90. The van der Waals surface area contributed by atoms with E-state index < -0.39 is 43.7 Å². The molecule has 0 bridgehead atoms. The number of carbonyl (C=O) groups excluding carboxylic acids is 2. The van der Waals surface area contributed by atoms with Crippen LogP contribution in [0.5, 0.6) is 0 Å². The summed E-state index contributed by atoms with van der Waals surface area (Å²) in [6, 6.07) is 0.885. The van der Waals surface area contributed by atoms with Crippen LogP contribution in [0.1, 0.15) is 17.3 Å². The van der Waals surface area contributed by atoms with Crippen molar-refractivity contribution in [2.24, 2.45) is 0 Å². The molecule has 0 atom stereocenters. The molecule has 1 aromatic carbocycles. The Morgan fingerprint density at radius 3 is 2.32 bits per heavy atom. The molecule has 1 aromatic rings. The van der Waals surface area contributed by atoms with E-state index in [1.807, 2.05) is 0 Å². The van der Waals surface area contributed by atoms with Crippen LogP contribution < -0.4 is 0 Å². The lowest BCUT2D eigenvalue weighted by Crippen LogP contribution is -2.20. The molecule has 8 heteroatoms. The molecule has 0 unspecified atom stereocenters. The van der Waals surface area contributed by atoms with Gasteiger partial charge >= 0.3 is 5.97 Å². The summed E-state index contributed by atoms with van der Waals surface area (Å²) in [5.74, 6) is -5.44. The van der Waals surface area contributed by atoms with Crippen LogP contribution in [0.4, 0.5) is 8.78 Å². The Morgan fingerprint density at radius 2 is 1.84 bits per heavy atom. The van der Waals surface area contributed by atoms with Gasteiger partial charge in [-0.05, 0) is 19.1 Å². The first-order valence-corrected chi connectivity index (χ1v) is 6.98. The highest BCUT2D eigenvalue weighted by Gasteiger charge is 2.27. The fourth-order valence-corrected chi connectivity index (χ4v) is 2.07. The number of ether oxygens (including phenoxy) is 1. The van der Waals surface area contributed by atoms with Gasteiger partial charge in [-0.25, -0.2) is 22.0 Å². The number of Topliss-reactive ketones (excluding diaryl/α,β-unsaturated/α-hetero) is 1. The number of carbonyl (C=O) groups is 2. The van der Waals surface area contributed by atoms with Crippen LogP contribution >= 0.6 is 0 Å². The summed E-state index contributed by atoms with van der Waals surface area (Å²) in [7, 11) is -4.07. The van der Waals surface area contributed by atoms with E-state index in [0.717, 1.165) is 0 Å². The Labute approximate surface area is 108 Å². The summed E-state index contributed by atoms with van der Waals surface area (Å²) in [5.41, 5.74) is -0.973. The van der Waals surface area contributed by atoms with Crippen molar-refractivity contribution in [3.05, 3.63) is 29.3 Å². The lowest BCUT2D eigenvalue weighted by Gasteiger charge is -2.06. The number of halogens is 2. The maximum absolute atomic E-state index is 13.8. The molecule has 0 aliphatic rings. The minimum atomic E-state index is -4.07. The lowest BCUT2D eigenvalue weighted by atomic mass is 10.1. The number of esters is 1. The Morgan fingerprint density at radius 1 is 1.26 bits per heavy atom. The van der Waals surface area contributed by atoms with Crippen molar-refractivity contribution in [3.8, 4) is 0 Å². The molecule has 0 amide bonds. The van der Waals surface area contributed by atoms with Crippen LogP contribution in [0, 0.1) is 11.6 Å². The summed E-state index contributed by atoms with van der Waals surface area (Å²) in [6.45, 7) is 1.30. The topological polar surface area (TPSA) is 77.5 Å². The second-order valence-electron chi connectivity index (χ2n) is 3.59. The number of sulfone groups is 1. The van der Waals surface area contributed by atoms with E-state index in [1.165, 1.54) is 6.92 Å². The van der Waals surface area contributed by atoms with Crippen LogP contribution in [-0.4, -0.2) is 33.0 Å². The van der Waals surface area contributed by atoms with Gasteiger partial charge in [0, 0.05) is 6.26 Å². The maximum Gasteiger partial charge on any atom is 0.379 e. The third-order valence-electron chi connectivity index (χ3n) is 2.11. The number of rotatable bonds is 4. The highest BCUT2D eigenvalue weighted by atomic mass is 32.2. The van der Waals surface area contributed by atoms with Gasteiger partial charge < -0.3 is 4.74 Å². The van der Waals surface area contributed by atoms with Crippen molar-refractivity contribution in [2.75, 3.05) is 12.9 Å². The van der Waals surface area contributed by atoms with Gasteiger partial charge in [-0.15, -0.1) is 0 Å². The van der Waals surface area contributed by atoms with Crippen molar-refractivity contribution < 1.29 is 31.5 Å². The molecule has 19 heavy (non-hydrogen) atoms. The molecule has 104 valence electrons. The first-order valence-electron chi connectivity index (χ1n) is 5.09. The summed E-state index contributed by atoms with van der Waals surface area (Å²) in [6.07, 6.45) is 0.656. The van der Waals surface area contributed by atoms with Gasteiger partial charge in [-0.1, -0.05) is 0 Å². The van der Waals surface area contributed by atoms with Crippen LogP contribution in [0.2, 0.25) is 0 Å². The van der Waals surface area contributed by atoms with Crippen molar-refractivity contribution >= 4 is 21.6 Å². The first-order chi connectivity index (χ1) is 8.68. The van der Waals surface area contributed by atoms with Gasteiger partial charge in [0.2, 0.25) is 0 Å². The third kappa shape index (κ3) is 3.34. The van der Waals surface area contributed by atoms with E-state index in [1.54, 1.807) is 0 Å². The molecular weight excluding hydrogens is 282 g/mol. The van der Waals surface area contributed by atoms with E-state index in [9.17, 15) is 26.8 Å². The first kappa shape index (κ1) is 15.2. The number of benzene rings is 1. The van der Waals surface area contributed by atoms with Gasteiger partial charge in [0.1, 0.15) is 10.7 Å². The highest BCUT2D eigenvalue weighted by Crippen LogP contribution is 2.21. The quantitative estimate of drug-likeness (QED) is 0.472. The molecule has 0 saturated carbocycles. The molecule has 0 radical (unpaired) electrons. The largest absolute Gasteiger partial charge is 0.460 e. The molecule has 0 N–H and O–H groups in total. The Kier molecular flexibility index (Phi) is 4.35. The van der Waals surface area contributed by atoms with Crippen LogP contribution in [0.15, 0.2) is 17.0 Å². The predicted octanol–water partition coefficient (Wildman–Crippen LogP) is 1.11. The Balaban J connectivity index is 3.42. The van der Waals surface area contributed by atoms with E-state index in [2.05, 4.69) is 4.74 Å². The Hall–Kier alpha value is -1.83. The van der Waals surface area contributed by atoms with Crippen molar-refractivity contribution in [3.63, 3.8) is 0 Å². The van der Waals surface area contributed by atoms with Gasteiger partial charge in [0.05, 0.1) is 12.2 Å². The maximum atomic E-state index is 13.8. The second-order valence-corrected chi connectivity index (χ2v) is 5.57. The normalized spacial score (nSPS) is 11.2. The lowest BCUT2D eigenvalue weighted by molar-refractivity contribution is -0.137. The van der Waals surface area contributed by atoms with Crippen LogP contribution in [0.25, 0.3) is 0 Å². The van der Waals surface area contributed by atoms with Crippen LogP contribution in [-0.2, 0) is 19.4 Å². The van der Waals surface area contributed by atoms with E-state index in [4.69, 9.17) is 0 Å². The molecule has 0 saturated heterocycles. The molecule has 1 rings (SSSR count). The van der Waals surface area contributed by atoms with E-state index in [-0.39, 0.29) is 6.61 Å². The Bertz CT molecular complexity index is 637. The fraction of sp³-hybridized carbons (Fsp3) is 0.273. The predicted molar refractivity (Wildman–Crippen MR) is 60.4 cm³/mol. The number of ketones is 1. The monoisotopic (exact) mass is 292 g/mol. The summed E-state index contributed by atoms with van der Waals surface area (Å²) in [5, 5.41) is 0. The minimum Gasteiger partial charge on any atom is -0.460 e. The van der Waals surface area contributed by atoms with Crippen molar-refractivity contribution in [2.45, 2.75) is 11.8 Å². The number of hydrogen-bond donors (Lipinski definition) is 0. The molecule has 0 spiro atoms. The van der Waals surface area contributed by atoms with Gasteiger partial charge in [0.25, 0.3) is 5.78 Å². The SMILES string of the molecule is CCOC(=O)C(=O)c1cc(F)cc(S(C)(=O)=O)c1F. The molecular formula is C11H10F2O5S. The van der Waals surface area contributed by atoms with Crippen LogP contribution in [0.3, 0.4) is 0 Å². The zero-order valence-electron chi connectivity index (χ0n) is 10.1. The molecule has 0 aliphatic heterocycles. The number of hydrogen-bond acceptors (Lipinski definition) is 5. The third-order valence-corrected chi connectivity index (χ3v) is 3.20. The van der Waals surface area contributed by atoms with Crippen molar-refractivity contribution in [1.29, 1.82) is 0 Å². The second kappa shape index (κ2) is 5.43. The van der Waals surface area contributed by atoms with Gasteiger partial charge in [-0.3, -0.25) is 4.79 Å². The van der Waals surface area contributed by atoms with Gasteiger partial charge in [0.15, 0.2) is 15.7 Å². The average Bonchev–Trinajstić information content (AvgIpc) is 2.29. The molecule has 0 aromatic heterocycles. The molecule has 0 aliphatic carbocycles. The molecule has 5 nitrogen and oxygen atoms in total. The standard InChI is InChI=1S/C11H10F2O5S/c1-3-18-11(15)10(14)7-4-6(12)5-8(9(7)13)19(2,16)17/h4-5H,3H2,1-2H3. The molecule has 0 heterocycles. The fourth-order valence-electron chi connectivity index (χ4n) is 1.31. The van der Waals surface area contributed by atoms with E-state index >= 15 is 0 Å². The van der Waals surface area contributed by atoms with Gasteiger partial charge in [-0.2, -0.15) is 0 Å². The average molecular weight is 292 g/mol. The summed E-state index contributed by atoms with van der Waals surface area (Å²) < 4.78 is 53.9. The summed E-state index contributed by atoms with van der Waals surface area (Å²) >= 11 is 0. The van der Waals surface area contributed by atoms with Crippen molar-refractivity contribution in [1.82, 2.24) is 0 Å². The molecule has 0 fully saturated rings.